The summed E-state index contributed by atoms with van der Waals surface area (Å²) in [4.78, 5) is 4.95. The zero-order valence-electron chi connectivity index (χ0n) is 34.6. The van der Waals surface area contributed by atoms with Gasteiger partial charge in [0.15, 0.2) is 0 Å². The van der Waals surface area contributed by atoms with Gasteiger partial charge in [-0.25, -0.2) is 9.67 Å². The van der Waals surface area contributed by atoms with E-state index < -0.39 is 0 Å². The Morgan fingerprint density at radius 2 is 1.47 bits per heavy atom. The number of nitrogens with zero attached hydrogens (tertiary/aromatic N) is 4. The summed E-state index contributed by atoms with van der Waals surface area (Å²) in [5, 5.41) is 7.57. The molecule has 5 nitrogen and oxygen atoms in total. The quantitative estimate of drug-likeness (QED) is 0.125. The average Bonchev–Trinajstić information content (AvgIpc) is 3.66. The molecule has 284 valence electrons. The van der Waals surface area contributed by atoms with Crippen LogP contribution < -0.4 is 4.74 Å². The molecule has 3 aromatic heterocycles. The van der Waals surface area contributed by atoms with E-state index in [4.69, 9.17) is 14.8 Å². The van der Waals surface area contributed by atoms with E-state index in [1.165, 1.54) is 63.5 Å². The summed E-state index contributed by atoms with van der Waals surface area (Å²) in [5.74, 6) is 3.23. The molecule has 3 heterocycles. The van der Waals surface area contributed by atoms with Crippen molar-refractivity contribution in [2.45, 2.75) is 112 Å². The zero-order valence-corrected chi connectivity index (χ0v) is 34.6. The first-order chi connectivity index (χ1) is 26.2. The van der Waals surface area contributed by atoms with Crippen molar-refractivity contribution >= 4 is 21.8 Å². The van der Waals surface area contributed by atoms with Crippen molar-refractivity contribution in [2.75, 3.05) is 0 Å². The maximum Gasteiger partial charge on any atom is 0.137 e. The van der Waals surface area contributed by atoms with Gasteiger partial charge in [0.25, 0.3) is 0 Å². The fourth-order valence-electron chi connectivity index (χ4n) is 7.83. The highest BCUT2D eigenvalue weighted by Gasteiger charge is 2.22. The van der Waals surface area contributed by atoms with Gasteiger partial charge in [-0.05, 0) is 114 Å². The van der Waals surface area contributed by atoms with Gasteiger partial charge in [0.05, 0.1) is 28.1 Å². The highest BCUT2D eigenvalue weighted by Crippen LogP contribution is 2.39. The van der Waals surface area contributed by atoms with Crippen LogP contribution in [0.4, 0.5) is 0 Å². The summed E-state index contributed by atoms with van der Waals surface area (Å²) in [6.07, 6.45) is 7.62. The number of fused-ring (bicyclic) bond motifs is 3. The minimum atomic E-state index is -0.0996. The molecule has 0 saturated heterocycles. The van der Waals surface area contributed by atoms with E-state index in [1.54, 1.807) is 0 Å². The second-order valence-corrected chi connectivity index (χ2v) is 17.8. The van der Waals surface area contributed by atoms with Gasteiger partial charge in [-0.15, -0.1) is 0 Å². The molecule has 0 bridgehead atoms. The molecule has 7 rings (SSSR count). The zero-order chi connectivity index (χ0) is 39.1. The van der Waals surface area contributed by atoms with Gasteiger partial charge in [0.2, 0.25) is 0 Å². The molecular formula is C50H58N4O. The minimum absolute atomic E-state index is 0.00370. The van der Waals surface area contributed by atoms with Crippen molar-refractivity contribution in [3.05, 3.63) is 131 Å². The molecule has 0 amide bonds. The molecule has 7 aromatic rings. The minimum Gasteiger partial charge on any atom is -0.457 e. The van der Waals surface area contributed by atoms with Gasteiger partial charge in [-0.2, -0.15) is 5.10 Å². The van der Waals surface area contributed by atoms with Crippen LogP contribution in [0.1, 0.15) is 110 Å². The van der Waals surface area contributed by atoms with Gasteiger partial charge in [0, 0.05) is 34.7 Å². The van der Waals surface area contributed by atoms with Crippen LogP contribution in [0.3, 0.4) is 0 Å². The summed E-state index contributed by atoms with van der Waals surface area (Å²) in [5.41, 5.74) is 11.6. The third-order valence-corrected chi connectivity index (χ3v) is 10.9. The molecule has 4 aromatic carbocycles. The third-order valence-electron chi connectivity index (χ3n) is 10.9. The lowest BCUT2D eigenvalue weighted by atomic mass is 9.86. The van der Waals surface area contributed by atoms with Gasteiger partial charge in [-0.1, -0.05) is 112 Å². The number of hydrogen-bond acceptors (Lipinski definition) is 3. The Hall–Kier alpha value is -5.16. The predicted molar refractivity (Wildman–Crippen MR) is 232 cm³/mol. The lowest BCUT2D eigenvalue weighted by molar-refractivity contribution is 0.478. The van der Waals surface area contributed by atoms with Gasteiger partial charge in [-0.3, -0.25) is 4.57 Å². The van der Waals surface area contributed by atoms with E-state index in [0.29, 0.717) is 0 Å². The largest absolute Gasteiger partial charge is 0.457 e. The van der Waals surface area contributed by atoms with E-state index >= 15 is 0 Å². The Kier molecular flexibility index (Phi) is 10.5. The highest BCUT2D eigenvalue weighted by molar-refractivity contribution is 6.09. The van der Waals surface area contributed by atoms with Crippen molar-refractivity contribution in [3.8, 4) is 34.1 Å². The van der Waals surface area contributed by atoms with Crippen LogP contribution in [-0.2, 0) is 23.7 Å². The molecule has 55 heavy (non-hydrogen) atoms. The fraction of sp³-hybridized carbons (Fsp3) is 0.360. The molecule has 0 aliphatic carbocycles. The summed E-state index contributed by atoms with van der Waals surface area (Å²) < 4.78 is 11.3. The molecule has 5 heteroatoms. The lowest BCUT2D eigenvalue weighted by Crippen LogP contribution is -2.13. The fourth-order valence-corrected chi connectivity index (χ4v) is 7.83. The normalized spacial score (nSPS) is 12.3. The first-order valence-electron chi connectivity index (χ1n) is 20.2. The number of hydrogen-bond donors (Lipinski definition) is 0. The molecule has 0 atom stereocenters. The highest BCUT2D eigenvalue weighted by atomic mass is 16.5. The van der Waals surface area contributed by atoms with Crippen LogP contribution in [0.25, 0.3) is 44.4 Å². The Balaban J connectivity index is 1.34. The Morgan fingerprint density at radius 3 is 2.18 bits per heavy atom. The van der Waals surface area contributed by atoms with Crippen LogP contribution in [0.15, 0.2) is 103 Å². The number of pyridine rings is 1. The number of aromatic nitrogens is 4. The first-order valence-corrected chi connectivity index (χ1v) is 20.2. The lowest BCUT2D eigenvalue weighted by Gasteiger charge is -2.22. The third kappa shape index (κ3) is 7.99. The summed E-state index contributed by atoms with van der Waals surface area (Å²) in [7, 11) is 0. The molecule has 0 aliphatic heterocycles. The van der Waals surface area contributed by atoms with E-state index in [0.717, 1.165) is 58.5 Å². The predicted octanol–water partition coefficient (Wildman–Crippen LogP) is 13.7. The van der Waals surface area contributed by atoms with Gasteiger partial charge >= 0.3 is 0 Å². The maximum atomic E-state index is 6.88. The standard InChI is InChI=1S/C50H58N4O/c1-11-44-48(36-19-13-12-14-20-36)34(4)52-54(44)39-28-38(50(8,9)10)29-41(31-39)55-40-22-23-42-43-27-35(18-16-15-17-33(2)3)21-24-45(43)53(46(42)32-40)47-30-37(25-26-51-47)49(5,6)7/h12-14,19-33H,11,15-18H2,1-10H3. The van der Waals surface area contributed by atoms with Crippen molar-refractivity contribution in [1.82, 2.24) is 19.3 Å². The number of rotatable bonds is 11. The molecular weight excluding hydrogens is 673 g/mol. The maximum absolute atomic E-state index is 6.88. The number of benzene rings is 4. The van der Waals surface area contributed by atoms with Gasteiger partial charge in [0.1, 0.15) is 17.3 Å². The molecule has 0 saturated carbocycles. The van der Waals surface area contributed by atoms with E-state index in [2.05, 4.69) is 176 Å². The molecule has 0 radical (unpaired) electrons. The van der Waals surface area contributed by atoms with Gasteiger partial charge < -0.3 is 4.74 Å². The van der Waals surface area contributed by atoms with Crippen LogP contribution >= 0.6 is 0 Å². The van der Waals surface area contributed by atoms with Crippen molar-refractivity contribution in [2.24, 2.45) is 5.92 Å². The summed E-state index contributed by atoms with van der Waals surface area (Å²) >= 11 is 0. The SMILES string of the molecule is CCc1c(-c2ccccc2)c(C)nn1-c1cc(Oc2ccc3c4cc(CCCCC(C)C)ccc4n(-c4cc(C(C)(C)C)ccn4)c3c2)cc(C(C)(C)C)c1. The van der Waals surface area contributed by atoms with Crippen molar-refractivity contribution < 1.29 is 4.74 Å². The smallest absolute Gasteiger partial charge is 0.137 e. The average molecular weight is 731 g/mol. The molecule has 0 aliphatic rings. The van der Waals surface area contributed by atoms with E-state index in [1.807, 2.05) is 6.20 Å². The van der Waals surface area contributed by atoms with Crippen LogP contribution in [0.2, 0.25) is 0 Å². The Bertz CT molecular complexity index is 2450. The monoisotopic (exact) mass is 730 g/mol. The molecule has 0 unspecified atom stereocenters. The topological polar surface area (TPSA) is 44.9 Å². The van der Waals surface area contributed by atoms with Crippen LogP contribution in [0, 0.1) is 12.8 Å². The molecule has 0 fully saturated rings. The summed E-state index contributed by atoms with van der Waals surface area (Å²) in [6, 6.07) is 35.1. The van der Waals surface area contributed by atoms with Crippen LogP contribution in [0.5, 0.6) is 11.5 Å². The van der Waals surface area contributed by atoms with E-state index in [9.17, 15) is 0 Å². The second-order valence-electron chi connectivity index (χ2n) is 17.8. The van der Waals surface area contributed by atoms with Crippen molar-refractivity contribution in [1.29, 1.82) is 0 Å². The molecule has 0 spiro atoms. The van der Waals surface area contributed by atoms with Crippen molar-refractivity contribution in [3.63, 3.8) is 0 Å². The number of ether oxygens (including phenoxy) is 1. The Morgan fingerprint density at radius 1 is 0.709 bits per heavy atom. The molecule has 0 N–H and O–H groups in total. The summed E-state index contributed by atoms with van der Waals surface area (Å²) in [6.45, 7) is 22.5. The first kappa shape index (κ1) is 38.1. The Labute approximate surface area is 328 Å². The number of aryl methyl sites for hydroxylation is 2. The number of unbranched alkanes of at least 4 members (excludes halogenated alkanes) is 1. The van der Waals surface area contributed by atoms with Crippen LogP contribution in [-0.4, -0.2) is 19.3 Å². The van der Waals surface area contributed by atoms with E-state index in [-0.39, 0.29) is 10.8 Å². The second kappa shape index (κ2) is 15.2.